The largest absolute Gasteiger partial charge is 0.364 e. The van der Waals surface area contributed by atoms with Crippen LogP contribution >= 0.6 is 0 Å². The van der Waals surface area contributed by atoms with E-state index in [4.69, 9.17) is 5.73 Å². The fraction of sp³-hybridized carbons (Fsp3) is 0.375. The predicted molar refractivity (Wildman–Crippen MR) is 82.6 cm³/mol. The minimum absolute atomic E-state index is 0.0595. The lowest BCUT2D eigenvalue weighted by atomic mass is 9.99. The zero-order chi connectivity index (χ0) is 16.1. The van der Waals surface area contributed by atoms with Gasteiger partial charge in [-0.1, -0.05) is 19.8 Å². The highest BCUT2D eigenvalue weighted by Gasteiger charge is 2.26. The van der Waals surface area contributed by atoms with Crippen LogP contribution in [0.5, 0.6) is 0 Å². The number of aromatic nitrogens is 3. The molecule has 6 nitrogen and oxygen atoms in total. The Morgan fingerprint density at radius 2 is 2.00 bits per heavy atom. The zero-order valence-corrected chi connectivity index (χ0v) is 12.8. The second-order valence-electron chi connectivity index (χ2n) is 5.21. The van der Waals surface area contributed by atoms with Gasteiger partial charge >= 0.3 is 0 Å². The van der Waals surface area contributed by atoms with E-state index in [2.05, 4.69) is 16.9 Å². The van der Waals surface area contributed by atoms with Gasteiger partial charge in [0.2, 0.25) is 0 Å². The van der Waals surface area contributed by atoms with Gasteiger partial charge in [0.05, 0.1) is 18.1 Å². The standard InChI is InChI=1S/C16H20N4O2/c1-3-4-5-13(15(21)12-6-8-18-9-7-12)20-10-19-11(2)14(20)16(17)22/h6-10,13H,3-5H2,1-2H3,(H2,17,22). The number of rotatable bonds is 7. The quantitative estimate of drug-likeness (QED) is 0.794. The number of carbonyl (C=O) groups is 2. The summed E-state index contributed by atoms with van der Waals surface area (Å²) >= 11 is 0. The van der Waals surface area contributed by atoms with Gasteiger partial charge < -0.3 is 10.3 Å². The lowest BCUT2D eigenvalue weighted by molar-refractivity contribution is 0.0909. The SMILES string of the molecule is CCCCC(C(=O)c1ccncc1)n1cnc(C)c1C(N)=O. The van der Waals surface area contributed by atoms with E-state index < -0.39 is 11.9 Å². The average molecular weight is 300 g/mol. The third-order valence-corrected chi connectivity index (χ3v) is 3.64. The fourth-order valence-corrected chi connectivity index (χ4v) is 2.50. The molecule has 0 bridgehead atoms. The minimum atomic E-state index is -0.570. The molecule has 0 aromatic carbocycles. The van der Waals surface area contributed by atoms with Crippen LogP contribution in [0.1, 0.15) is 58.8 Å². The number of nitrogens with zero attached hydrogens (tertiary/aromatic N) is 3. The van der Waals surface area contributed by atoms with Crippen LogP contribution in [0.15, 0.2) is 30.9 Å². The summed E-state index contributed by atoms with van der Waals surface area (Å²) < 4.78 is 1.61. The van der Waals surface area contributed by atoms with E-state index >= 15 is 0 Å². The first kappa shape index (κ1) is 15.9. The Kier molecular flexibility index (Phi) is 5.04. The van der Waals surface area contributed by atoms with Crippen LogP contribution in [0.2, 0.25) is 0 Å². The molecule has 2 aromatic heterocycles. The maximum Gasteiger partial charge on any atom is 0.267 e. The van der Waals surface area contributed by atoms with Gasteiger partial charge in [0.1, 0.15) is 5.69 Å². The van der Waals surface area contributed by atoms with Crippen molar-refractivity contribution in [1.82, 2.24) is 14.5 Å². The minimum Gasteiger partial charge on any atom is -0.364 e. The van der Waals surface area contributed by atoms with Gasteiger partial charge in [-0.05, 0) is 25.5 Å². The lowest BCUT2D eigenvalue weighted by Crippen LogP contribution is -2.26. The molecule has 0 fully saturated rings. The predicted octanol–water partition coefficient (Wildman–Crippen LogP) is 2.30. The average Bonchev–Trinajstić information content (AvgIpc) is 2.90. The number of imidazole rings is 1. The van der Waals surface area contributed by atoms with E-state index in [0.29, 0.717) is 23.4 Å². The Balaban J connectivity index is 2.43. The van der Waals surface area contributed by atoms with E-state index in [1.54, 1.807) is 36.0 Å². The number of amides is 1. The van der Waals surface area contributed by atoms with Crippen molar-refractivity contribution in [3.63, 3.8) is 0 Å². The number of primary amides is 1. The molecule has 0 aliphatic rings. The molecule has 1 amide bonds. The van der Waals surface area contributed by atoms with Crippen molar-refractivity contribution >= 4 is 11.7 Å². The fourth-order valence-electron chi connectivity index (χ4n) is 2.50. The van der Waals surface area contributed by atoms with Crippen molar-refractivity contribution < 1.29 is 9.59 Å². The summed E-state index contributed by atoms with van der Waals surface area (Å²) in [6, 6.07) is 2.87. The van der Waals surface area contributed by atoms with Crippen molar-refractivity contribution in [2.24, 2.45) is 5.73 Å². The number of nitrogens with two attached hydrogens (primary N) is 1. The molecule has 0 radical (unpaired) electrons. The first-order valence-electron chi connectivity index (χ1n) is 7.33. The van der Waals surface area contributed by atoms with Crippen LogP contribution in [0, 0.1) is 6.92 Å². The molecule has 22 heavy (non-hydrogen) atoms. The summed E-state index contributed by atoms with van der Waals surface area (Å²) in [6.45, 7) is 3.77. The Morgan fingerprint density at radius 3 is 2.59 bits per heavy atom. The van der Waals surface area contributed by atoms with E-state index in [0.717, 1.165) is 12.8 Å². The van der Waals surface area contributed by atoms with Crippen molar-refractivity contribution in [2.45, 2.75) is 39.2 Å². The summed E-state index contributed by atoms with van der Waals surface area (Å²) in [7, 11) is 0. The molecule has 2 heterocycles. The Labute approximate surface area is 129 Å². The van der Waals surface area contributed by atoms with E-state index in [9.17, 15) is 9.59 Å². The maximum atomic E-state index is 12.8. The smallest absolute Gasteiger partial charge is 0.267 e. The second-order valence-corrected chi connectivity index (χ2v) is 5.21. The van der Waals surface area contributed by atoms with Gasteiger partial charge in [-0.2, -0.15) is 0 Å². The molecule has 0 saturated heterocycles. The molecule has 0 saturated carbocycles. The molecule has 6 heteroatoms. The summed E-state index contributed by atoms with van der Waals surface area (Å²) in [4.78, 5) is 32.6. The molecule has 2 N–H and O–H groups in total. The zero-order valence-electron chi connectivity index (χ0n) is 12.8. The molecule has 116 valence electrons. The Bertz CT molecular complexity index is 664. The summed E-state index contributed by atoms with van der Waals surface area (Å²) in [5.41, 5.74) is 6.84. The molecule has 2 rings (SSSR count). The number of hydrogen-bond donors (Lipinski definition) is 1. The van der Waals surface area contributed by atoms with Gasteiger partial charge in [0.25, 0.3) is 5.91 Å². The highest BCUT2D eigenvalue weighted by Crippen LogP contribution is 2.23. The van der Waals surface area contributed by atoms with Crippen LogP contribution in [-0.2, 0) is 0 Å². The number of unbranched alkanes of at least 4 members (excludes halogenated alkanes) is 1. The molecular weight excluding hydrogens is 280 g/mol. The van der Waals surface area contributed by atoms with Gasteiger partial charge in [0, 0.05) is 18.0 Å². The highest BCUT2D eigenvalue weighted by atomic mass is 16.1. The lowest BCUT2D eigenvalue weighted by Gasteiger charge is -2.19. The number of Topliss-reactive ketones (excluding diaryl/α,β-unsaturated/α-hetero) is 1. The van der Waals surface area contributed by atoms with E-state index in [1.165, 1.54) is 6.33 Å². The van der Waals surface area contributed by atoms with Crippen LogP contribution in [0.25, 0.3) is 0 Å². The summed E-state index contributed by atoms with van der Waals surface area (Å²) in [6.07, 6.45) is 7.15. The van der Waals surface area contributed by atoms with Gasteiger partial charge in [-0.3, -0.25) is 14.6 Å². The molecule has 1 unspecified atom stereocenters. The Morgan fingerprint density at radius 1 is 1.32 bits per heavy atom. The van der Waals surface area contributed by atoms with E-state index in [-0.39, 0.29) is 5.78 Å². The van der Waals surface area contributed by atoms with E-state index in [1.807, 2.05) is 0 Å². The van der Waals surface area contributed by atoms with Gasteiger partial charge in [0.15, 0.2) is 5.78 Å². The van der Waals surface area contributed by atoms with Gasteiger partial charge in [-0.25, -0.2) is 4.98 Å². The maximum absolute atomic E-state index is 12.8. The monoisotopic (exact) mass is 300 g/mol. The van der Waals surface area contributed by atoms with Crippen molar-refractivity contribution in [3.05, 3.63) is 47.8 Å². The normalized spacial score (nSPS) is 12.1. The second kappa shape index (κ2) is 6.98. The molecule has 0 aliphatic carbocycles. The highest BCUT2D eigenvalue weighted by molar-refractivity contribution is 6.00. The Hall–Kier alpha value is -2.50. The number of carbonyl (C=O) groups excluding carboxylic acids is 2. The molecular formula is C16H20N4O2. The molecule has 0 aliphatic heterocycles. The van der Waals surface area contributed by atoms with Crippen molar-refractivity contribution in [1.29, 1.82) is 0 Å². The first-order valence-corrected chi connectivity index (χ1v) is 7.33. The van der Waals surface area contributed by atoms with Crippen LogP contribution in [-0.4, -0.2) is 26.2 Å². The van der Waals surface area contributed by atoms with Crippen LogP contribution < -0.4 is 5.73 Å². The third-order valence-electron chi connectivity index (χ3n) is 3.64. The van der Waals surface area contributed by atoms with Crippen LogP contribution in [0.3, 0.4) is 0 Å². The number of pyridine rings is 1. The summed E-state index contributed by atoms with van der Waals surface area (Å²) in [5.74, 6) is -0.630. The number of hydrogen-bond acceptors (Lipinski definition) is 4. The molecule has 0 spiro atoms. The van der Waals surface area contributed by atoms with Gasteiger partial charge in [-0.15, -0.1) is 0 Å². The molecule has 2 aromatic rings. The van der Waals surface area contributed by atoms with Crippen molar-refractivity contribution in [2.75, 3.05) is 0 Å². The third kappa shape index (κ3) is 3.21. The van der Waals surface area contributed by atoms with Crippen LogP contribution in [0.4, 0.5) is 0 Å². The first-order chi connectivity index (χ1) is 10.6. The topological polar surface area (TPSA) is 90.9 Å². The number of aryl methyl sites for hydroxylation is 1. The molecule has 1 atom stereocenters. The van der Waals surface area contributed by atoms with Crippen molar-refractivity contribution in [3.8, 4) is 0 Å². The summed E-state index contributed by atoms with van der Waals surface area (Å²) in [5, 5.41) is 0. The number of ketones is 1.